The van der Waals surface area contributed by atoms with Gasteiger partial charge in [0.15, 0.2) is 0 Å². The molecule has 0 aliphatic rings. The van der Waals surface area contributed by atoms with Crippen molar-refractivity contribution >= 4 is 29.2 Å². The molecule has 0 atom stereocenters. The molecule has 6 nitrogen and oxygen atoms in total. The Morgan fingerprint density at radius 3 is 2.45 bits per heavy atom. The zero-order valence-electron chi connectivity index (χ0n) is 18.0. The standard InChI is InChI=1S/C22H21F4N5OS/c1-12-8-14(11-31(2)21(12)32)16-9-17(28-10-13-4-6-15(23)7-5-13)18(19(27)22(24,25)26)20(29-16)30-33-3/h4-9,11,27H,10H2,1-3H3,(H2,28,29,30). The second-order valence-corrected chi connectivity index (χ2v) is 7.88. The maximum absolute atomic E-state index is 13.5. The summed E-state index contributed by atoms with van der Waals surface area (Å²) in [6, 6.07) is 8.53. The van der Waals surface area contributed by atoms with Crippen molar-refractivity contribution in [2.24, 2.45) is 7.05 Å². The molecule has 0 amide bonds. The summed E-state index contributed by atoms with van der Waals surface area (Å²) in [5, 5.41) is 10.7. The number of hydrogen-bond acceptors (Lipinski definition) is 6. The Labute approximate surface area is 191 Å². The fourth-order valence-electron chi connectivity index (χ4n) is 3.22. The number of aryl methyl sites for hydroxylation is 2. The third-order valence-corrected chi connectivity index (χ3v) is 5.20. The van der Waals surface area contributed by atoms with E-state index < -0.39 is 23.3 Å². The van der Waals surface area contributed by atoms with Crippen LogP contribution in [0.15, 0.2) is 47.4 Å². The molecule has 0 bridgehead atoms. The highest BCUT2D eigenvalue weighted by atomic mass is 32.2. The van der Waals surface area contributed by atoms with Gasteiger partial charge in [0.1, 0.15) is 17.3 Å². The highest BCUT2D eigenvalue weighted by Crippen LogP contribution is 2.35. The number of aromatic nitrogens is 2. The van der Waals surface area contributed by atoms with Crippen molar-refractivity contribution in [2.45, 2.75) is 19.6 Å². The average Bonchev–Trinajstić information content (AvgIpc) is 2.75. The molecular formula is C22H21F4N5OS. The Balaban J connectivity index is 2.17. The van der Waals surface area contributed by atoms with Crippen LogP contribution < -0.4 is 15.6 Å². The molecule has 0 saturated carbocycles. The van der Waals surface area contributed by atoms with E-state index in [9.17, 15) is 22.4 Å². The topological polar surface area (TPSA) is 82.8 Å². The predicted molar refractivity (Wildman–Crippen MR) is 123 cm³/mol. The van der Waals surface area contributed by atoms with Gasteiger partial charge < -0.3 is 14.6 Å². The zero-order valence-corrected chi connectivity index (χ0v) is 18.8. The maximum Gasteiger partial charge on any atom is 0.433 e. The lowest BCUT2D eigenvalue weighted by Crippen LogP contribution is -2.25. The van der Waals surface area contributed by atoms with Gasteiger partial charge in [-0.15, -0.1) is 0 Å². The second-order valence-electron chi connectivity index (χ2n) is 7.27. The first-order chi connectivity index (χ1) is 15.5. The van der Waals surface area contributed by atoms with Gasteiger partial charge in [0.05, 0.1) is 11.3 Å². The van der Waals surface area contributed by atoms with E-state index in [4.69, 9.17) is 5.41 Å². The average molecular weight is 480 g/mol. The van der Waals surface area contributed by atoms with Gasteiger partial charge in [0, 0.05) is 42.9 Å². The summed E-state index contributed by atoms with van der Waals surface area (Å²) in [4.78, 5) is 16.4. The van der Waals surface area contributed by atoms with Crippen LogP contribution in [0.4, 0.5) is 29.1 Å². The molecule has 0 aliphatic carbocycles. The number of halogens is 4. The van der Waals surface area contributed by atoms with Crippen molar-refractivity contribution in [2.75, 3.05) is 16.3 Å². The van der Waals surface area contributed by atoms with Gasteiger partial charge in [-0.3, -0.25) is 10.2 Å². The molecule has 0 radical (unpaired) electrons. The number of rotatable bonds is 7. The van der Waals surface area contributed by atoms with E-state index in [-0.39, 0.29) is 23.6 Å². The summed E-state index contributed by atoms with van der Waals surface area (Å²) < 4.78 is 57.9. The molecule has 174 valence electrons. The molecule has 3 rings (SSSR count). The first-order valence-electron chi connectivity index (χ1n) is 9.67. The first-order valence-corrected chi connectivity index (χ1v) is 10.9. The zero-order chi connectivity index (χ0) is 24.3. The van der Waals surface area contributed by atoms with Gasteiger partial charge in [0.2, 0.25) is 0 Å². The smallest absolute Gasteiger partial charge is 0.380 e. The van der Waals surface area contributed by atoms with Crippen LogP contribution >= 0.6 is 11.9 Å². The lowest BCUT2D eigenvalue weighted by Gasteiger charge is -2.20. The Hall–Kier alpha value is -3.34. The summed E-state index contributed by atoms with van der Waals surface area (Å²) >= 11 is 1.03. The summed E-state index contributed by atoms with van der Waals surface area (Å²) in [6.07, 6.45) is -1.74. The van der Waals surface area contributed by atoms with Crippen LogP contribution in [-0.4, -0.2) is 27.7 Å². The van der Waals surface area contributed by atoms with E-state index in [1.54, 1.807) is 32.5 Å². The third kappa shape index (κ3) is 5.54. The van der Waals surface area contributed by atoms with Gasteiger partial charge in [-0.2, -0.15) is 13.2 Å². The monoisotopic (exact) mass is 479 g/mol. The number of pyridine rings is 2. The molecule has 2 heterocycles. The summed E-state index contributed by atoms with van der Waals surface area (Å²) in [5.74, 6) is -0.573. The van der Waals surface area contributed by atoms with Crippen LogP contribution in [0.3, 0.4) is 0 Å². The van der Waals surface area contributed by atoms with E-state index in [2.05, 4.69) is 15.0 Å². The van der Waals surface area contributed by atoms with Crippen molar-refractivity contribution in [3.8, 4) is 11.3 Å². The number of hydrogen-bond donors (Lipinski definition) is 3. The Kier molecular flexibility index (Phi) is 7.11. The summed E-state index contributed by atoms with van der Waals surface area (Å²) in [7, 11) is 1.57. The predicted octanol–water partition coefficient (Wildman–Crippen LogP) is 5.13. The van der Waals surface area contributed by atoms with Crippen molar-refractivity contribution in [1.29, 1.82) is 5.41 Å². The van der Waals surface area contributed by atoms with Crippen molar-refractivity contribution in [3.05, 3.63) is 75.5 Å². The number of nitrogens with one attached hydrogen (secondary N) is 3. The molecule has 33 heavy (non-hydrogen) atoms. The highest BCUT2D eigenvalue weighted by Gasteiger charge is 2.38. The van der Waals surface area contributed by atoms with Gasteiger partial charge in [-0.05, 0) is 36.8 Å². The van der Waals surface area contributed by atoms with E-state index in [1.165, 1.54) is 34.9 Å². The Bertz CT molecular complexity index is 1210. The van der Waals surface area contributed by atoms with Gasteiger partial charge in [-0.25, -0.2) is 9.37 Å². The number of alkyl halides is 3. The molecule has 3 aromatic rings. The quantitative estimate of drug-likeness (QED) is 0.249. The van der Waals surface area contributed by atoms with Crippen LogP contribution in [0.1, 0.15) is 16.7 Å². The van der Waals surface area contributed by atoms with Gasteiger partial charge >= 0.3 is 6.18 Å². The third-order valence-electron chi connectivity index (χ3n) is 4.81. The van der Waals surface area contributed by atoms with E-state index in [1.807, 2.05) is 0 Å². The van der Waals surface area contributed by atoms with E-state index in [0.717, 1.165) is 11.9 Å². The van der Waals surface area contributed by atoms with Crippen molar-refractivity contribution < 1.29 is 17.6 Å². The summed E-state index contributed by atoms with van der Waals surface area (Å²) in [5.41, 5.74) is -0.262. The highest BCUT2D eigenvalue weighted by molar-refractivity contribution is 7.99. The molecule has 0 saturated heterocycles. The molecule has 0 aliphatic heterocycles. The molecule has 0 unspecified atom stereocenters. The Morgan fingerprint density at radius 1 is 1.21 bits per heavy atom. The minimum absolute atomic E-state index is 0.0229. The number of anilines is 2. The van der Waals surface area contributed by atoms with Crippen LogP contribution in [0, 0.1) is 18.2 Å². The number of nitrogens with zero attached hydrogens (tertiary/aromatic N) is 2. The van der Waals surface area contributed by atoms with Crippen LogP contribution in [-0.2, 0) is 13.6 Å². The van der Waals surface area contributed by atoms with Crippen LogP contribution in [0.25, 0.3) is 11.3 Å². The maximum atomic E-state index is 13.5. The van der Waals surface area contributed by atoms with Gasteiger partial charge in [0.25, 0.3) is 5.56 Å². The van der Waals surface area contributed by atoms with Gasteiger partial charge in [-0.1, -0.05) is 24.1 Å². The fraction of sp³-hybridized carbons (Fsp3) is 0.227. The fourth-order valence-corrected chi connectivity index (χ4v) is 3.56. The Morgan fingerprint density at radius 2 is 1.88 bits per heavy atom. The second kappa shape index (κ2) is 9.65. The van der Waals surface area contributed by atoms with Crippen molar-refractivity contribution in [1.82, 2.24) is 9.55 Å². The minimum Gasteiger partial charge on any atom is -0.380 e. The van der Waals surface area contributed by atoms with Crippen molar-refractivity contribution in [3.63, 3.8) is 0 Å². The van der Waals surface area contributed by atoms with E-state index in [0.29, 0.717) is 22.4 Å². The lowest BCUT2D eigenvalue weighted by atomic mass is 10.0. The molecule has 3 N–H and O–H groups in total. The normalized spacial score (nSPS) is 11.4. The number of benzene rings is 1. The molecule has 2 aromatic heterocycles. The molecular weight excluding hydrogens is 458 g/mol. The van der Waals surface area contributed by atoms with Crippen LogP contribution in [0.5, 0.6) is 0 Å². The molecule has 0 spiro atoms. The first kappa shape index (κ1) is 24.3. The molecule has 1 aromatic carbocycles. The molecule has 11 heteroatoms. The van der Waals surface area contributed by atoms with Crippen LogP contribution in [0.2, 0.25) is 0 Å². The largest absolute Gasteiger partial charge is 0.433 e. The lowest BCUT2D eigenvalue weighted by molar-refractivity contribution is -0.0587. The molecule has 0 fully saturated rings. The van der Waals surface area contributed by atoms with E-state index >= 15 is 0 Å². The summed E-state index contributed by atoms with van der Waals surface area (Å²) in [6.45, 7) is 1.72. The SMILES string of the molecule is CSNc1nc(-c2cc(C)c(=O)n(C)c2)cc(NCc2ccc(F)cc2)c1C(=N)C(F)(F)F. The minimum atomic E-state index is -4.91.